The number of nitrogens with zero attached hydrogens (tertiary/aromatic N) is 2. The number of aliphatic hydroxyl groups is 1. The van der Waals surface area contributed by atoms with Crippen molar-refractivity contribution in [2.75, 3.05) is 37.7 Å². The van der Waals surface area contributed by atoms with Gasteiger partial charge in [0.05, 0.1) is 6.61 Å². The third-order valence-electron chi connectivity index (χ3n) is 13.6. The summed E-state index contributed by atoms with van der Waals surface area (Å²) in [5.41, 5.74) is 22.6. The Kier molecular flexibility index (Phi) is 34.7. The van der Waals surface area contributed by atoms with Crippen molar-refractivity contribution >= 4 is 114 Å². The fraction of sp³-hybridized carbons (Fsp3) is 0.604. The van der Waals surface area contributed by atoms with Crippen LogP contribution < -0.4 is 70.8 Å². The lowest BCUT2D eigenvalue weighted by Crippen LogP contribution is -2.61. The van der Waals surface area contributed by atoms with Crippen molar-refractivity contribution < 1.29 is 92.7 Å². The Labute approximate surface area is 522 Å². The number of aliphatic imine (C=N–C) groups is 1. The van der Waals surface area contributed by atoms with Gasteiger partial charge in [-0.25, -0.2) is 4.79 Å². The number of unbranched alkanes of at least 4 members (excludes halogenated alkanes) is 1. The van der Waals surface area contributed by atoms with Gasteiger partial charge in [-0.05, 0) is 83.2 Å². The van der Waals surface area contributed by atoms with E-state index >= 15 is 0 Å². The zero-order valence-electron chi connectivity index (χ0n) is 48.9. The Bertz CT molecular complexity index is 2660. The van der Waals surface area contributed by atoms with Gasteiger partial charge in [-0.15, -0.1) is 0 Å². The maximum Gasteiger partial charge on any atom is 0.326 e. The van der Waals surface area contributed by atoms with Crippen molar-refractivity contribution in [2.24, 2.45) is 27.9 Å². The van der Waals surface area contributed by atoms with Crippen LogP contribution in [0.3, 0.4) is 0 Å². The van der Waals surface area contributed by atoms with Crippen LogP contribution in [0.2, 0.25) is 0 Å². The average Bonchev–Trinajstić information content (AvgIpc) is 3.35. The maximum absolute atomic E-state index is 14.2. The number of nitrogens with one attached hydrogen (secondary N) is 9. The highest BCUT2D eigenvalue weighted by atomic mass is 32.1. The van der Waals surface area contributed by atoms with Crippen molar-refractivity contribution in [1.29, 1.82) is 0 Å². The fourth-order valence-corrected chi connectivity index (χ4v) is 9.25. The highest BCUT2D eigenvalue weighted by Gasteiger charge is 2.40. The summed E-state index contributed by atoms with van der Waals surface area (Å²) in [5.74, 6) is -16.6. The minimum absolute atomic E-state index is 0.0292. The number of aliphatic carboxylic acids is 4. The normalized spacial score (nSPS) is 16.0. The predicted molar refractivity (Wildman–Crippen MR) is 322 cm³/mol. The van der Waals surface area contributed by atoms with Crippen LogP contribution in [-0.4, -0.2) is 224 Å². The molecule has 1 saturated heterocycles. The molecule has 1 aromatic rings. The zero-order chi connectivity index (χ0) is 66.9. The minimum Gasteiger partial charge on any atom is -0.481 e. The van der Waals surface area contributed by atoms with Crippen molar-refractivity contribution in [3.8, 4) is 0 Å². The van der Waals surface area contributed by atoms with Crippen LogP contribution in [0, 0.1) is 0 Å². The number of carbonyl (C=O) groups excluding carboxylic acids is 10. The number of hydrogen-bond acceptors (Lipinski definition) is 20. The second-order valence-corrected chi connectivity index (χ2v) is 21.4. The number of likely N-dealkylation sites (tertiary alicyclic amines) is 1. The van der Waals surface area contributed by atoms with Gasteiger partial charge in [0, 0.05) is 50.3 Å². The topological polar surface area (TPSA) is 568 Å². The van der Waals surface area contributed by atoms with Crippen molar-refractivity contribution in [3.63, 3.8) is 0 Å². The van der Waals surface area contributed by atoms with E-state index in [1.807, 2.05) is 0 Å². The molecule has 496 valence electrons. The fourth-order valence-electron chi connectivity index (χ4n) is 8.74. The number of amides is 10. The lowest BCUT2D eigenvalue weighted by atomic mass is 10.0. The van der Waals surface area contributed by atoms with E-state index < -0.39 is 206 Å². The summed E-state index contributed by atoms with van der Waals surface area (Å²) in [4.78, 5) is 189. The molecule has 36 heteroatoms. The maximum atomic E-state index is 14.2. The monoisotopic (exact) mass is 1300 g/mol. The first-order valence-corrected chi connectivity index (χ1v) is 29.6. The van der Waals surface area contributed by atoms with Gasteiger partial charge >= 0.3 is 23.9 Å². The van der Waals surface area contributed by atoms with Gasteiger partial charge < -0.3 is 101 Å². The number of carbonyl (C=O) groups is 14. The molecule has 10 amide bonds. The number of thiol groups is 2. The molecule has 89 heavy (non-hydrogen) atoms. The number of nitrogens with two attached hydrogens (primary N) is 4. The summed E-state index contributed by atoms with van der Waals surface area (Å²) in [6, 6.07) is -8.55. The molecule has 1 heterocycles. The predicted octanol–water partition coefficient (Wildman–Crippen LogP) is -6.36. The number of rotatable bonds is 42. The third kappa shape index (κ3) is 28.1. The number of carboxylic acid groups (broad SMARTS) is 4. The molecule has 0 spiro atoms. The van der Waals surface area contributed by atoms with Gasteiger partial charge in [0.15, 0.2) is 5.96 Å². The van der Waals surface area contributed by atoms with Crippen LogP contribution in [0.15, 0.2) is 35.3 Å². The van der Waals surface area contributed by atoms with Crippen LogP contribution in [0.4, 0.5) is 0 Å². The molecule has 1 aliphatic rings. The smallest absolute Gasteiger partial charge is 0.326 e. The minimum atomic E-state index is -1.72. The van der Waals surface area contributed by atoms with E-state index in [1.165, 1.54) is 6.92 Å². The summed E-state index contributed by atoms with van der Waals surface area (Å²) < 4.78 is 0. The molecule has 0 aromatic heterocycles. The molecule has 34 nitrogen and oxygen atoms in total. The molecule has 22 N–H and O–H groups in total. The van der Waals surface area contributed by atoms with Crippen molar-refractivity contribution in [2.45, 2.75) is 163 Å². The second-order valence-electron chi connectivity index (χ2n) is 20.6. The number of carboxylic acids is 4. The first kappa shape index (κ1) is 76.7. The van der Waals surface area contributed by atoms with Crippen LogP contribution >= 0.6 is 25.3 Å². The van der Waals surface area contributed by atoms with Gasteiger partial charge in [0.25, 0.3) is 0 Å². The van der Waals surface area contributed by atoms with E-state index in [0.717, 1.165) is 4.90 Å². The summed E-state index contributed by atoms with van der Waals surface area (Å²) in [5, 5.41) is 69.0. The Hall–Kier alpha value is -8.35. The van der Waals surface area contributed by atoms with Crippen molar-refractivity contribution in [1.82, 2.24) is 52.8 Å². The largest absolute Gasteiger partial charge is 0.481 e. The van der Waals surface area contributed by atoms with Crippen LogP contribution in [-0.2, 0) is 73.5 Å². The molecule has 1 fully saturated rings. The second kappa shape index (κ2) is 40.2. The van der Waals surface area contributed by atoms with E-state index in [2.05, 4.69) is 78.1 Å². The first-order chi connectivity index (χ1) is 42.1. The molecule has 1 aromatic carbocycles. The SMILES string of the molecule is C[C@H](NC(=O)[C@H](Cc1ccccc1)NC(=O)[C@H](CCCN=C(N)N)NC(=O)[C@H](CCC(=O)O)NC(=O)[C@@H](N)CO)C(=O)N[C@@H](CCC(=O)O)C(=O)N[C@@H](CS)C(=O)N[C@@H](CS)C(=O)N[C@@H](CCCCN)C(=O)N[C@@H](CCC(=O)O)C(=O)N1CCC[C@H]1C(=O)O. The Morgan fingerprint density at radius 2 is 0.955 bits per heavy atom. The highest BCUT2D eigenvalue weighted by molar-refractivity contribution is 7.80. The van der Waals surface area contributed by atoms with Gasteiger partial charge in [0.1, 0.15) is 66.5 Å². The molecule has 0 unspecified atom stereocenters. The first-order valence-electron chi connectivity index (χ1n) is 28.4. The van der Waals surface area contributed by atoms with Crippen LogP contribution in [0.25, 0.3) is 0 Å². The highest BCUT2D eigenvalue weighted by Crippen LogP contribution is 2.20. The molecule has 0 aliphatic carbocycles. The van der Waals surface area contributed by atoms with E-state index in [4.69, 9.17) is 22.9 Å². The van der Waals surface area contributed by atoms with Gasteiger partial charge in [-0.2, -0.15) is 25.3 Å². The zero-order valence-corrected chi connectivity index (χ0v) is 50.7. The summed E-state index contributed by atoms with van der Waals surface area (Å²) in [6.45, 7) is 0.519. The summed E-state index contributed by atoms with van der Waals surface area (Å²) in [6.07, 6.45) is -2.81. The lowest BCUT2D eigenvalue weighted by Gasteiger charge is -2.29. The van der Waals surface area contributed by atoms with Crippen molar-refractivity contribution in [3.05, 3.63) is 35.9 Å². The Morgan fingerprint density at radius 3 is 1.40 bits per heavy atom. The standard InChI is InChI=1S/C53H83N15O19S2/c1-27(59-48(82)35(23-28-9-3-2-4-10-28)65-45(79)31(12-7-21-58-53(56)57)62-46(80)33(15-18-40(72)73)61-43(77)29(55)24-69)42(76)60-32(14-17-39(70)71)47(81)66-37(26-89)50(84)67-36(25-88)49(83)63-30(11-5-6-20-54)44(78)64-34(16-19-41(74)75)51(85)68-22-8-13-38(68)52(86)87/h2-4,9-10,27,29-38,69,88-89H,5-8,11-26,54-55H2,1H3,(H,59,82)(H,60,76)(H,61,77)(H,62,80)(H,63,83)(H,64,78)(H,65,79)(H,66,81)(H,67,84)(H,70,71)(H,72,73)(H,74,75)(H,86,87)(H4,56,57,58)/t27-,29-,30-,31-,32-,33-,34-,35-,36-,37-,38-/m0/s1. The molecular formula is C53H83N15O19S2. The molecular weight excluding hydrogens is 1210 g/mol. The Morgan fingerprint density at radius 1 is 0.551 bits per heavy atom. The molecule has 0 bridgehead atoms. The summed E-state index contributed by atoms with van der Waals surface area (Å²) in [7, 11) is 0. The van der Waals surface area contributed by atoms with Gasteiger partial charge in [-0.3, -0.25) is 67.3 Å². The molecule has 0 saturated carbocycles. The molecule has 0 radical (unpaired) electrons. The van der Waals surface area contributed by atoms with E-state index in [1.54, 1.807) is 30.3 Å². The Balaban J connectivity index is 2.36. The van der Waals surface area contributed by atoms with Gasteiger partial charge in [-0.1, -0.05) is 30.3 Å². The number of aliphatic hydroxyl groups excluding tert-OH is 1. The van der Waals surface area contributed by atoms with E-state index in [-0.39, 0.29) is 64.1 Å². The average molecular weight is 1300 g/mol. The van der Waals surface area contributed by atoms with Crippen LogP contribution in [0.1, 0.15) is 96.0 Å². The number of hydrogen-bond donors (Lipinski definition) is 20. The quantitative estimate of drug-likeness (QED) is 0.0125. The molecule has 11 atom stereocenters. The summed E-state index contributed by atoms with van der Waals surface area (Å²) >= 11 is 8.35. The number of guanidine groups is 1. The van der Waals surface area contributed by atoms with Gasteiger partial charge in [0.2, 0.25) is 59.1 Å². The number of benzene rings is 1. The molecule has 1 aliphatic heterocycles. The lowest BCUT2D eigenvalue weighted by molar-refractivity contribution is -0.150. The molecule has 2 rings (SSSR count). The van der Waals surface area contributed by atoms with E-state index in [9.17, 15) is 92.7 Å². The van der Waals surface area contributed by atoms with Crippen LogP contribution in [0.5, 0.6) is 0 Å². The third-order valence-corrected chi connectivity index (χ3v) is 14.4. The van der Waals surface area contributed by atoms with E-state index in [0.29, 0.717) is 18.4 Å².